The SMILES string of the molecule is COc1ncccc1C(Cc1cccc(F)c1Cl)NN. The first-order chi connectivity index (χ1) is 9.67. The van der Waals surface area contributed by atoms with Crippen LogP contribution in [-0.2, 0) is 6.42 Å². The Morgan fingerprint density at radius 3 is 2.90 bits per heavy atom. The second-order valence-corrected chi connectivity index (χ2v) is 4.62. The minimum Gasteiger partial charge on any atom is -0.481 e. The molecular formula is C14H15ClFN3O. The van der Waals surface area contributed by atoms with E-state index >= 15 is 0 Å². The molecule has 1 heterocycles. The van der Waals surface area contributed by atoms with Crippen LogP contribution in [0.5, 0.6) is 5.88 Å². The van der Waals surface area contributed by atoms with Gasteiger partial charge in [0.1, 0.15) is 5.82 Å². The van der Waals surface area contributed by atoms with E-state index in [-0.39, 0.29) is 11.1 Å². The van der Waals surface area contributed by atoms with Crippen molar-refractivity contribution >= 4 is 11.6 Å². The van der Waals surface area contributed by atoms with Crippen molar-refractivity contribution in [1.82, 2.24) is 10.4 Å². The molecule has 0 fully saturated rings. The number of nitrogens with one attached hydrogen (secondary N) is 1. The molecule has 1 unspecified atom stereocenters. The van der Waals surface area contributed by atoms with Gasteiger partial charge in [0, 0.05) is 11.8 Å². The Balaban J connectivity index is 2.31. The maximum Gasteiger partial charge on any atom is 0.217 e. The van der Waals surface area contributed by atoms with Gasteiger partial charge in [0.2, 0.25) is 5.88 Å². The Bertz CT molecular complexity index is 594. The summed E-state index contributed by atoms with van der Waals surface area (Å²) in [5.41, 5.74) is 4.14. The van der Waals surface area contributed by atoms with Crippen LogP contribution in [0, 0.1) is 5.82 Å². The molecule has 1 atom stereocenters. The van der Waals surface area contributed by atoms with Crippen molar-refractivity contribution in [1.29, 1.82) is 0 Å². The first-order valence-electron chi connectivity index (χ1n) is 6.05. The van der Waals surface area contributed by atoms with E-state index in [1.165, 1.54) is 13.2 Å². The van der Waals surface area contributed by atoms with Crippen LogP contribution in [0.1, 0.15) is 17.2 Å². The van der Waals surface area contributed by atoms with Gasteiger partial charge in [-0.25, -0.2) is 9.37 Å². The fourth-order valence-corrected chi connectivity index (χ4v) is 2.23. The summed E-state index contributed by atoms with van der Waals surface area (Å²) in [5.74, 6) is 5.62. The fraction of sp³-hybridized carbons (Fsp3) is 0.214. The van der Waals surface area contributed by atoms with Gasteiger partial charge in [-0.1, -0.05) is 29.8 Å². The van der Waals surface area contributed by atoms with E-state index in [4.69, 9.17) is 22.2 Å². The van der Waals surface area contributed by atoms with Crippen LogP contribution in [0.3, 0.4) is 0 Å². The Labute approximate surface area is 121 Å². The molecule has 4 nitrogen and oxygen atoms in total. The predicted molar refractivity (Wildman–Crippen MR) is 76.0 cm³/mol. The largest absolute Gasteiger partial charge is 0.481 e. The van der Waals surface area contributed by atoms with E-state index in [1.807, 2.05) is 6.07 Å². The summed E-state index contributed by atoms with van der Waals surface area (Å²) >= 11 is 5.96. The highest BCUT2D eigenvalue weighted by atomic mass is 35.5. The second-order valence-electron chi connectivity index (χ2n) is 4.24. The molecule has 0 aliphatic rings. The number of ether oxygens (including phenoxy) is 1. The average Bonchev–Trinajstić information content (AvgIpc) is 2.49. The predicted octanol–water partition coefficient (Wildman–Crippen LogP) is 2.63. The van der Waals surface area contributed by atoms with Crippen LogP contribution in [0.4, 0.5) is 4.39 Å². The van der Waals surface area contributed by atoms with Crippen LogP contribution >= 0.6 is 11.6 Å². The molecule has 0 saturated heterocycles. The quantitative estimate of drug-likeness (QED) is 0.657. The molecule has 6 heteroatoms. The van der Waals surface area contributed by atoms with E-state index in [9.17, 15) is 4.39 Å². The zero-order valence-corrected chi connectivity index (χ0v) is 11.7. The topological polar surface area (TPSA) is 60.2 Å². The maximum absolute atomic E-state index is 13.5. The monoisotopic (exact) mass is 295 g/mol. The third kappa shape index (κ3) is 3.07. The maximum atomic E-state index is 13.5. The number of rotatable bonds is 5. The molecule has 2 aromatic rings. The summed E-state index contributed by atoms with van der Waals surface area (Å²) in [6, 6.07) is 8.06. The Hall–Kier alpha value is -1.69. The minimum absolute atomic E-state index is 0.107. The Kier molecular flexibility index (Phi) is 4.89. The first-order valence-corrected chi connectivity index (χ1v) is 6.43. The molecule has 0 aliphatic carbocycles. The summed E-state index contributed by atoms with van der Waals surface area (Å²) in [4.78, 5) is 4.12. The van der Waals surface area contributed by atoms with Crippen LogP contribution < -0.4 is 16.0 Å². The highest BCUT2D eigenvalue weighted by molar-refractivity contribution is 6.31. The van der Waals surface area contributed by atoms with Crippen molar-refractivity contribution in [3.8, 4) is 5.88 Å². The molecule has 106 valence electrons. The van der Waals surface area contributed by atoms with Crippen molar-refractivity contribution in [2.24, 2.45) is 5.84 Å². The van der Waals surface area contributed by atoms with Gasteiger partial charge in [-0.15, -0.1) is 0 Å². The van der Waals surface area contributed by atoms with Crippen LogP contribution in [-0.4, -0.2) is 12.1 Å². The fourth-order valence-electron chi connectivity index (χ4n) is 2.02. The van der Waals surface area contributed by atoms with Crippen LogP contribution in [0.15, 0.2) is 36.5 Å². The first kappa shape index (κ1) is 14.7. The zero-order valence-electron chi connectivity index (χ0n) is 10.9. The van der Waals surface area contributed by atoms with Gasteiger partial charge in [0.25, 0.3) is 0 Å². The second kappa shape index (κ2) is 6.65. The lowest BCUT2D eigenvalue weighted by Gasteiger charge is -2.19. The van der Waals surface area contributed by atoms with Crippen molar-refractivity contribution in [2.75, 3.05) is 7.11 Å². The highest BCUT2D eigenvalue weighted by Crippen LogP contribution is 2.28. The van der Waals surface area contributed by atoms with Gasteiger partial charge in [0.05, 0.1) is 18.2 Å². The number of hydrazine groups is 1. The molecule has 0 saturated carbocycles. The lowest BCUT2D eigenvalue weighted by Crippen LogP contribution is -2.30. The molecule has 3 N–H and O–H groups in total. The van der Waals surface area contributed by atoms with Gasteiger partial charge >= 0.3 is 0 Å². The summed E-state index contributed by atoms with van der Waals surface area (Å²) < 4.78 is 18.7. The van der Waals surface area contributed by atoms with Crippen molar-refractivity contribution < 1.29 is 9.13 Å². The van der Waals surface area contributed by atoms with E-state index in [0.29, 0.717) is 17.9 Å². The molecule has 0 spiro atoms. The highest BCUT2D eigenvalue weighted by Gasteiger charge is 2.18. The number of halogens is 2. The zero-order chi connectivity index (χ0) is 14.5. The number of hydrogen-bond acceptors (Lipinski definition) is 4. The van der Waals surface area contributed by atoms with Crippen LogP contribution in [0.25, 0.3) is 0 Å². The van der Waals surface area contributed by atoms with Gasteiger partial charge in [0.15, 0.2) is 0 Å². The number of methoxy groups -OCH3 is 1. The summed E-state index contributed by atoms with van der Waals surface area (Å²) in [7, 11) is 1.54. The summed E-state index contributed by atoms with van der Waals surface area (Å²) in [6.07, 6.45) is 2.06. The smallest absolute Gasteiger partial charge is 0.217 e. The minimum atomic E-state index is -0.446. The van der Waals surface area contributed by atoms with Crippen molar-refractivity contribution in [3.63, 3.8) is 0 Å². The van der Waals surface area contributed by atoms with Crippen molar-refractivity contribution in [2.45, 2.75) is 12.5 Å². The number of benzene rings is 1. The average molecular weight is 296 g/mol. The molecule has 20 heavy (non-hydrogen) atoms. The van der Waals surface area contributed by atoms with Gasteiger partial charge < -0.3 is 4.74 Å². The van der Waals surface area contributed by atoms with Gasteiger partial charge in [-0.05, 0) is 24.1 Å². The van der Waals surface area contributed by atoms with E-state index < -0.39 is 5.82 Å². The van der Waals surface area contributed by atoms with Crippen molar-refractivity contribution in [3.05, 3.63) is 58.5 Å². The summed E-state index contributed by atoms with van der Waals surface area (Å²) in [5, 5.41) is 0.107. The lowest BCUT2D eigenvalue weighted by molar-refractivity contribution is 0.382. The number of nitrogens with zero attached hydrogens (tertiary/aromatic N) is 1. The summed E-state index contributed by atoms with van der Waals surface area (Å²) in [6.45, 7) is 0. The Morgan fingerprint density at radius 1 is 1.40 bits per heavy atom. The molecule has 0 bridgehead atoms. The molecule has 0 radical (unpaired) electrons. The number of nitrogens with two attached hydrogens (primary N) is 1. The molecule has 1 aromatic heterocycles. The third-order valence-corrected chi connectivity index (χ3v) is 3.45. The van der Waals surface area contributed by atoms with Gasteiger partial charge in [-0.3, -0.25) is 11.3 Å². The van der Waals surface area contributed by atoms with Crippen LogP contribution in [0.2, 0.25) is 5.02 Å². The third-order valence-electron chi connectivity index (χ3n) is 3.03. The van der Waals surface area contributed by atoms with E-state index in [1.54, 1.807) is 24.4 Å². The number of aromatic nitrogens is 1. The van der Waals surface area contributed by atoms with E-state index in [2.05, 4.69) is 10.4 Å². The molecule has 2 rings (SSSR count). The molecular weight excluding hydrogens is 281 g/mol. The lowest BCUT2D eigenvalue weighted by atomic mass is 10.00. The molecule has 0 aliphatic heterocycles. The Morgan fingerprint density at radius 2 is 2.20 bits per heavy atom. The van der Waals surface area contributed by atoms with Gasteiger partial charge in [-0.2, -0.15) is 0 Å². The van der Waals surface area contributed by atoms with E-state index in [0.717, 1.165) is 5.56 Å². The normalized spacial score (nSPS) is 12.2. The molecule has 1 aromatic carbocycles. The number of hydrogen-bond donors (Lipinski definition) is 2. The standard InChI is InChI=1S/C14H15ClFN3O/c1-20-14-10(5-3-7-18-14)12(19-17)8-9-4-2-6-11(16)13(9)15/h2-7,12,19H,8,17H2,1H3. The number of pyridine rings is 1. The molecule has 0 amide bonds.